The van der Waals surface area contributed by atoms with E-state index in [9.17, 15) is 0 Å². The molecule has 0 unspecified atom stereocenters. The van der Waals surface area contributed by atoms with Crippen LogP contribution in [0.15, 0.2) is 5.38 Å². The minimum atomic E-state index is 0.111. The highest BCUT2D eigenvalue weighted by Gasteiger charge is 2.27. The van der Waals surface area contributed by atoms with E-state index in [4.69, 9.17) is 16.3 Å². The summed E-state index contributed by atoms with van der Waals surface area (Å²) in [5.41, 5.74) is 0.111. The predicted molar refractivity (Wildman–Crippen MR) is 59.2 cm³/mol. The van der Waals surface area contributed by atoms with E-state index >= 15 is 0 Å². The van der Waals surface area contributed by atoms with E-state index < -0.39 is 0 Å². The van der Waals surface area contributed by atoms with Crippen molar-refractivity contribution >= 4 is 28.1 Å². The molecule has 0 bridgehead atoms. The molecule has 0 atom stereocenters. The lowest BCUT2D eigenvalue weighted by Crippen LogP contribution is -2.40. The molecular formula is C9H13ClN2OS. The number of halogens is 1. The Labute approximate surface area is 92.4 Å². The molecule has 1 aliphatic heterocycles. The molecular weight excluding hydrogens is 220 g/mol. The Morgan fingerprint density at radius 2 is 2.29 bits per heavy atom. The Balaban J connectivity index is 2.01. The summed E-state index contributed by atoms with van der Waals surface area (Å²) >= 11 is 7.30. The van der Waals surface area contributed by atoms with Crippen molar-refractivity contribution < 1.29 is 4.74 Å². The molecule has 2 rings (SSSR count). The Kier molecular flexibility index (Phi) is 2.95. The molecule has 0 amide bonds. The van der Waals surface area contributed by atoms with Gasteiger partial charge in [0.25, 0.3) is 0 Å². The lowest BCUT2D eigenvalue weighted by Gasteiger charge is -2.34. The van der Waals surface area contributed by atoms with Crippen LogP contribution in [-0.2, 0) is 4.74 Å². The summed E-state index contributed by atoms with van der Waals surface area (Å²) in [6, 6.07) is 0. The van der Waals surface area contributed by atoms with E-state index in [0.29, 0.717) is 5.15 Å². The molecule has 2 heterocycles. The number of rotatable bonds is 2. The van der Waals surface area contributed by atoms with Crippen molar-refractivity contribution in [3.63, 3.8) is 0 Å². The zero-order chi connectivity index (χ0) is 10.0. The van der Waals surface area contributed by atoms with Crippen LogP contribution in [0.25, 0.3) is 0 Å². The van der Waals surface area contributed by atoms with Gasteiger partial charge in [0.1, 0.15) is 5.15 Å². The van der Waals surface area contributed by atoms with Gasteiger partial charge in [-0.25, -0.2) is 4.98 Å². The Morgan fingerprint density at radius 1 is 1.57 bits per heavy atom. The van der Waals surface area contributed by atoms with Crippen LogP contribution in [0, 0.1) is 0 Å². The largest absolute Gasteiger partial charge is 0.381 e. The zero-order valence-corrected chi connectivity index (χ0v) is 9.62. The van der Waals surface area contributed by atoms with E-state index in [2.05, 4.69) is 17.2 Å². The summed E-state index contributed by atoms with van der Waals surface area (Å²) in [6.07, 6.45) is 2.04. The van der Waals surface area contributed by atoms with E-state index in [1.807, 2.05) is 5.38 Å². The van der Waals surface area contributed by atoms with Crippen LogP contribution in [0.4, 0.5) is 5.13 Å². The van der Waals surface area contributed by atoms with Gasteiger partial charge in [0.2, 0.25) is 0 Å². The molecule has 1 saturated heterocycles. The van der Waals surface area contributed by atoms with E-state index in [0.717, 1.165) is 31.2 Å². The van der Waals surface area contributed by atoms with Crippen LogP contribution < -0.4 is 5.32 Å². The lowest BCUT2D eigenvalue weighted by atomic mass is 9.93. The Hall–Kier alpha value is -0.320. The van der Waals surface area contributed by atoms with Crippen LogP contribution >= 0.6 is 22.9 Å². The molecule has 1 aromatic rings. The maximum absolute atomic E-state index is 5.76. The molecule has 1 aromatic heterocycles. The summed E-state index contributed by atoms with van der Waals surface area (Å²) < 4.78 is 5.32. The molecule has 1 aliphatic rings. The first kappa shape index (κ1) is 10.2. The highest BCUT2D eigenvalue weighted by molar-refractivity contribution is 7.14. The fourth-order valence-electron chi connectivity index (χ4n) is 1.52. The van der Waals surface area contributed by atoms with Gasteiger partial charge in [-0.3, -0.25) is 0 Å². The molecule has 3 nitrogen and oxygen atoms in total. The van der Waals surface area contributed by atoms with E-state index in [-0.39, 0.29) is 5.54 Å². The molecule has 5 heteroatoms. The fourth-order valence-corrected chi connectivity index (χ4v) is 2.50. The number of hydrogen-bond donors (Lipinski definition) is 1. The first-order valence-corrected chi connectivity index (χ1v) is 5.91. The van der Waals surface area contributed by atoms with Crippen molar-refractivity contribution in [2.24, 2.45) is 0 Å². The van der Waals surface area contributed by atoms with Crippen LogP contribution in [0.3, 0.4) is 0 Å². The van der Waals surface area contributed by atoms with Crippen molar-refractivity contribution in [3.05, 3.63) is 10.5 Å². The lowest BCUT2D eigenvalue weighted by molar-refractivity contribution is 0.0658. The van der Waals surface area contributed by atoms with Crippen molar-refractivity contribution in [2.75, 3.05) is 18.5 Å². The second-order valence-corrected chi connectivity index (χ2v) is 5.02. The quantitative estimate of drug-likeness (QED) is 0.852. The summed E-state index contributed by atoms with van der Waals surface area (Å²) in [7, 11) is 0. The molecule has 14 heavy (non-hydrogen) atoms. The minimum Gasteiger partial charge on any atom is -0.381 e. The monoisotopic (exact) mass is 232 g/mol. The van der Waals surface area contributed by atoms with Crippen molar-refractivity contribution in [3.8, 4) is 0 Å². The molecule has 0 aliphatic carbocycles. The molecule has 1 N–H and O–H groups in total. The maximum atomic E-state index is 5.76. The van der Waals surface area contributed by atoms with Crippen LogP contribution in [0.2, 0.25) is 5.15 Å². The fraction of sp³-hybridized carbons (Fsp3) is 0.667. The smallest absolute Gasteiger partial charge is 0.184 e. The predicted octanol–water partition coefficient (Wildman–Crippen LogP) is 2.78. The van der Waals surface area contributed by atoms with Gasteiger partial charge in [0.15, 0.2) is 5.13 Å². The van der Waals surface area contributed by atoms with Gasteiger partial charge >= 0.3 is 0 Å². The van der Waals surface area contributed by atoms with Gasteiger partial charge in [0, 0.05) is 24.1 Å². The normalized spacial score (nSPS) is 20.7. The van der Waals surface area contributed by atoms with Gasteiger partial charge in [-0.05, 0) is 19.8 Å². The number of hydrogen-bond acceptors (Lipinski definition) is 4. The minimum absolute atomic E-state index is 0.111. The van der Waals surface area contributed by atoms with Crippen molar-refractivity contribution in [2.45, 2.75) is 25.3 Å². The van der Waals surface area contributed by atoms with Gasteiger partial charge in [0.05, 0.1) is 0 Å². The summed E-state index contributed by atoms with van der Waals surface area (Å²) in [4.78, 5) is 4.18. The number of ether oxygens (including phenoxy) is 1. The standard InChI is InChI=1S/C9H13ClN2OS/c1-9(2-4-13-5-3-9)12-8-11-7(10)6-14-8/h6H,2-5H2,1H3,(H,11,12). The first-order chi connectivity index (χ1) is 6.68. The number of anilines is 1. The van der Waals surface area contributed by atoms with Gasteiger partial charge in [-0.1, -0.05) is 11.6 Å². The maximum Gasteiger partial charge on any atom is 0.184 e. The topological polar surface area (TPSA) is 34.2 Å². The summed E-state index contributed by atoms with van der Waals surface area (Å²) in [5, 5.41) is 6.73. The molecule has 0 spiro atoms. The van der Waals surface area contributed by atoms with Gasteiger partial charge in [-0.15, -0.1) is 11.3 Å². The van der Waals surface area contributed by atoms with Crippen molar-refractivity contribution in [1.29, 1.82) is 0 Å². The molecule has 1 fully saturated rings. The van der Waals surface area contributed by atoms with Crippen molar-refractivity contribution in [1.82, 2.24) is 4.98 Å². The second-order valence-electron chi connectivity index (χ2n) is 3.77. The highest BCUT2D eigenvalue weighted by Crippen LogP contribution is 2.28. The third kappa shape index (κ3) is 2.38. The van der Waals surface area contributed by atoms with Crippen LogP contribution in [0.1, 0.15) is 19.8 Å². The number of thiazole rings is 1. The average Bonchev–Trinajstić information content (AvgIpc) is 2.51. The van der Waals surface area contributed by atoms with Gasteiger partial charge < -0.3 is 10.1 Å². The number of nitrogens with one attached hydrogen (secondary N) is 1. The molecule has 0 radical (unpaired) electrons. The number of nitrogens with zero attached hydrogens (tertiary/aromatic N) is 1. The highest BCUT2D eigenvalue weighted by atomic mass is 35.5. The number of aromatic nitrogens is 1. The van der Waals surface area contributed by atoms with Crippen LogP contribution in [0.5, 0.6) is 0 Å². The molecule has 0 saturated carbocycles. The third-order valence-corrected chi connectivity index (χ3v) is 3.56. The van der Waals surface area contributed by atoms with Gasteiger partial charge in [-0.2, -0.15) is 0 Å². The first-order valence-electron chi connectivity index (χ1n) is 4.65. The van der Waals surface area contributed by atoms with Crippen LogP contribution in [-0.4, -0.2) is 23.7 Å². The molecule has 78 valence electrons. The average molecular weight is 233 g/mol. The summed E-state index contributed by atoms with van der Waals surface area (Å²) in [6.45, 7) is 3.84. The second kappa shape index (κ2) is 4.04. The summed E-state index contributed by atoms with van der Waals surface area (Å²) in [5.74, 6) is 0. The Bertz CT molecular complexity index is 310. The SMILES string of the molecule is CC1(Nc2nc(Cl)cs2)CCOCC1. The van der Waals surface area contributed by atoms with E-state index in [1.165, 1.54) is 0 Å². The van der Waals surface area contributed by atoms with E-state index in [1.54, 1.807) is 11.3 Å². The third-order valence-electron chi connectivity index (χ3n) is 2.48. The Morgan fingerprint density at radius 3 is 2.86 bits per heavy atom. The molecule has 0 aromatic carbocycles. The zero-order valence-electron chi connectivity index (χ0n) is 8.05.